The van der Waals surface area contributed by atoms with Crippen molar-refractivity contribution in [2.45, 2.75) is 50.8 Å². The predicted molar refractivity (Wildman–Crippen MR) is 96.9 cm³/mol. The molecule has 3 heterocycles. The third-order valence-electron chi connectivity index (χ3n) is 4.59. The molecule has 4 N–H and O–H groups in total. The molecule has 0 bridgehead atoms. The second-order valence-corrected chi connectivity index (χ2v) is 6.97. The lowest BCUT2D eigenvalue weighted by atomic mass is 9.97. The number of amides is 1. The summed E-state index contributed by atoms with van der Waals surface area (Å²) in [6, 6.07) is 2.00. The summed E-state index contributed by atoms with van der Waals surface area (Å²) in [7, 11) is 0. The van der Waals surface area contributed by atoms with Crippen molar-refractivity contribution in [3.05, 3.63) is 51.1 Å². The number of rotatable bonds is 5. The van der Waals surface area contributed by atoms with Crippen LogP contribution in [0.5, 0.6) is 0 Å². The molecule has 2 aromatic rings. The first kappa shape index (κ1) is 20.0. The Kier molecular flexibility index (Phi) is 5.77. The van der Waals surface area contributed by atoms with Crippen LogP contribution in [0.1, 0.15) is 30.4 Å². The first-order valence-corrected chi connectivity index (χ1v) is 8.90. The number of carbonyl (C=O) groups is 1. The summed E-state index contributed by atoms with van der Waals surface area (Å²) in [5.41, 5.74) is -0.986. The van der Waals surface area contributed by atoms with Gasteiger partial charge in [-0.3, -0.25) is 23.8 Å². The van der Waals surface area contributed by atoms with E-state index in [0.717, 1.165) is 0 Å². The van der Waals surface area contributed by atoms with Gasteiger partial charge in [-0.25, -0.2) is 4.79 Å². The van der Waals surface area contributed by atoms with E-state index in [1.165, 1.54) is 16.8 Å². The van der Waals surface area contributed by atoms with Gasteiger partial charge in [0.05, 0.1) is 19.2 Å². The van der Waals surface area contributed by atoms with Gasteiger partial charge in [-0.1, -0.05) is 0 Å². The second-order valence-electron chi connectivity index (χ2n) is 6.97. The second kappa shape index (κ2) is 8.09. The lowest BCUT2D eigenvalue weighted by molar-refractivity contribution is -0.152. The highest BCUT2D eigenvalue weighted by Crippen LogP contribution is 2.17. The fourth-order valence-corrected chi connectivity index (χ4v) is 2.94. The fraction of sp³-hybridized carbons (Fsp3) is 0.529. The molecule has 0 unspecified atom stereocenters. The largest absolute Gasteiger partial charge is 0.388 e. The summed E-state index contributed by atoms with van der Waals surface area (Å²) in [6.07, 6.45) is -0.561. The Morgan fingerprint density at radius 2 is 2.07 bits per heavy atom. The lowest BCUT2D eigenvalue weighted by Crippen LogP contribution is -2.60. The number of H-pyrrole nitrogens is 1. The number of nitrogens with one attached hydrogen (secondary N) is 2. The molecule has 2 aromatic heterocycles. The molecule has 1 saturated heterocycles. The van der Waals surface area contributed by atoms with Crippen molar-refractivity contribution < 1.29 is 19.7 Å². The Bertz CT molecular complexity index is 948. The van der Waals surface area contributed by atoms with E-state index in [9.17, 15) is 24.6 Å². The third-order valence-corrected chi connectivity index (χ3v) is 4.59. The van der Waals surface area contributed by atoms with E-state index in [0.29, 0.717) is 0 Å². The Balaban J connectivity index is 1.63. The van der Waals surface area contributed by atoms with Crippen molar-refractivity contribution >= 4 is 5.91 Å². The molecule has 152 valence electrons. The van der Waals surface area contributed by atoms with E-state index in [1.54, 1.807) is 16.9 Å². The van der Waals surface area contributed by atoms with Gasteiger partial charge in [0.2, 0.25) is 0 Å². The van der Waals surface area contributed by atoms with Gasteiger partial charge in [0.1, 0.15) is 24.0 Å². The van der Waals surface area contributed by atoms with Crippen molar-refractivity contribution in [2.24, 2.45) is 0 Å². The van der Waals surface area contributed by atoms with Crippen molar-refractivity contribution in [3.8, 4) is 0 Å². The van der Waals surface area contributed by atoms with E-state index < -0.39 is 41.5 Å². The van der Waals surface area contributed by atoms with E-state index in [-0.39, 0.29) is 24.9 Å². The van der Waals surface area contributed by atoms with E-state index >= 15 is 0 Å². The SMILES string of the molecule is CC(C)n1ccc(C(=O)N[C@@H]2CO[C@H](Cn3ccc(=O)[nH]c3=O)[C@@H](O)[C@H]2O)n1. The van der Waals surface area contributed by atoms with Crippen LogP contribution in [0.3, 0.4) is 0 Å². The highest BCUT2D eigenvalue weighted by atomic mass is 16.5. The zero-order valence-corrected chi connectivity index (χ0v) is 15.5. The minimum absolute atomic E-state index is 0.0579. The van der Waals surface area contributed by atoms with Gasteiger partial charge in [-0.05, 0) is 19.9 Å². The molecule has 28 heavy (non-hydrogen) atoms. The maximum atomic E-state index is 12.3. The molecule has 1 fully saturated rings. The minimum Gasteiger partial charge on any atom is -0.388 e. The summed E-state index contributed by atoms with van der Waals surface area (Å²) in [6.45, 7) is 3.74. The highest BCUT2D eigenvalue weighted by molar-refractivity contribution is 5.92. The van der Waals surface area contributed by atoms with Crippen LogP contribution in [0.2, 0.25) is 0 Å². The number of ether oxygens (including phenoxy) is 1. The number of aliphatic hydroxyl groups is 2. The number of carbonyl (C=O) groups excluding carboxylic acids is 1. The van der Waals surface area contributed by atoms with Gasteiger partial charge in [-0.15, -0.1) is 0 Å². The van der Waals surface area contributed by atoms with E-state index in [4.69, 9.17) is 4.74 Å². The summed E-state index contributed by atoms with van der Waals surface area (Å²) >= 11 is 0. The quantitative estimate of drug-likeness (QED) is 0.469. The molecular formula is C17H23N5O6. The lowest BCUT2D eigenvalue weighted by Gasteiger charge is -2.37. The molecule has 4 atom stereocenters. The zero-order chi connectivity index (χ0) is 20.4. The molecule has 11 heteroatoms. The molecule has 0 saturated carbocycles. The van der Waals surface area contributed by atoms with Crippen LogP contribution in [0, 0.1) is 0 Å². The maximum Gasteiger partial charge on any atom is 0.328 e. The number of hydrogen-bond donors (Lipinski definition) is 4. The summed E-state index contributed by atoms with van der Waals surface area (Å²) in [4.78, 5) is 37.3. The molecule has 11 nitrogen and oxygen atoms in total. The predicted octanol–water partition coefficient (Wildman–Crippen LogP) is -1.77. The van der Waals surface area contributed by atoms with Crippen LogP contribution in [0.25, 0.3) is 0 Å². The van der Waals surface area contributed by atoms with Crippen molar-refractivity contribution in [1.82, 2.24) is 24.6 Å². The first-order valence-electron chi connectivity index (χ1n) is 8.90. The maximum absolute atomic E-state index is 12.3. The molecule has 0 radical (unpaired) electrons. The molecule has 0 spiro atoms. The molecular weight excluding hydrogens is 370 g/mol. The highest BCUT2D eigenvalue weighted by Gasteiger charge is 2.39. The monoisotopic (exact) mass is 393 g/mol. The molecule has 1 aliphatic heterocycles. The smallest absolute Gasteiger partial charge is 0.328 e. The van der Waals surface area contributed by atoms with Gasteiger partial charge < -0.3 is 20.3 Å². The van der Waals surface area contributed by atoms with Crippen LogP contribution in [-0.2, 0) is 11.3 Å². The fourth-order valence-electron chi connectivity index (χ4n) is 2.94. The van der Waals surface area contributed by atoms with Crippen LogP contribution in [-0.4, -0.2) is 66.4 Å². The third kappa shape index (κ3) is 4.21. The van der Waals surface area contributed by atoms with Crippen LogP contribution in [0.4, 0.5) is 0 Å². The normalized spacial score (nSPS) is 25.0. The van der Waals surface area contributed by atoms with Crippen molar-refractivity contribution in [1.29, 1.82) is 0 Å². The molecule has 0 aliphatic carbocycles. The zero-order valence-electron chi connectivity index (χ0n) is 15.5. The van der Waals surface area contributed by atoms with E-state index in [1.807, 2.05) is 13.8 Å². The van der Waals surface area contributed by atoms with Crippen LogP contribution < -0.4 is 16.6 Å². The number of nitrogens with zero attached hydrogens (tertiary/aromatic N) is 3. The summed E-state index contributed by atoms with van der Waals surface area (Å²) in [5.74, 6) is -0.491. The Labute approximate surface area is 159 Å². The van der Waals surface area contributed by atoms with Crippen LogP contribution in [0.15, 0.2) is 34.1 Å². The average Bonchev–Trinajstić information content (AvgIpc) is 3.14. The topological polar surface area (TPSA) is 151 Å². The molecule has 0 aromatic carbocycles. The average molecular weight is 393 g/mol. The minimum atomic E-state index is -1.34. The van der Waals surface area contributed by atoms with Crippen molar-refractivity contribution in [2.75, 3.05) is 6.61 Å². The Morgan fingerprint density at radius 1 is 1.32 bits per heavy atom. The van der Waals surface area contributed by atoms with Gasteiger partial charge >= 0.3 is 5.69 Å². The summed E-state index contributed by atoms with van der Waals surface area (Å²) < 4.78 is 8.34. The number of aliphatic hydroxyl groups excluding tert-OH is 2. The Morgan fingerprint density at radius 3 is 2.71 bits per heavy atom. The number of hydrogen-bond acceptors (Lipinski definition) is 7. The standard InChI is InChI=1S/C17H23N5O6/c1-9(2)22-6-3-10(20-22)16(26)18-11-8-28-12(15(25)14(11)24)7-21-5-4-13(23)19-17(21)27/h3-6,9,11-12,14-15,24-25H,7-8H2,1-2H3,(H,18,26)(H,19,23,27)/t11-,12-,14+,15-/m1/s1. The van der Waals surface area contributed by atoms with Gasteiger partial charge in [0.15, 0.2) is 0 Å². The molecule has 3 rings (SSSR count). The van der Waals surface area contributed by atoms with Gasteiger partial charge in [0.25, 0.3) is 11.5 Å². The van der Waals surface area contributed by atoms with Gasteiger partial charge in [-0.2, -0.15) is 5.10 Å². The van der Waals surface area contributed by atoms with Crippen LogP contribution >= 0.6 is 0 Å². The van der Waals surface area contributed by atoms with E-state index in [2.05, 4.69) is 15.4 Å². The van der Waals surface area contributed by atoms with Crippen molar-refractivity contribution in [3.63, 3.8) is 0 Å². The summed E-state index contributed by atoms with van der Waals surface area (Å²) in [5, 5.41) is 27.5. The number of aromatic nitrogens is 4. The Hall–Kier alpha value is -2.76. The molecule has 1 amide bonds. The molecule has 1 aliphatic rings. The van der Waals surface area contributed by atoms with Gasteiger partial charge in [0, 0.05) is 24.5 Å². The number of aromatic amines is 1. The first-order chi connectivity index (χ1) is 13.3.